The van der Waals surface area contributed by atoms with E-state index in [1.165, 1.54) is 0 Å². The lowest BCUT2D eigenvalue weighted by Gasteiger charge is -2.47. The summed E-state index contributed by atoms with van der Waals surface area (Å²) in [6, 6.07) is 0. The molecule has 0 aromatic heterocycles. The molecule has 14 atom stereocenters. The topological polar surface area (TPSA) is 228 Å². The standard InChI is InChI=1S/C18H32O14/c1-5-6(21)2-7(22)17(28-5)32-15-14(11(24)9(4-20)29-16(15)27)31-18-13(26)12(25)10(23)8(3-19)30-18/h5-27H,2-4H2,1H3/t5-,6-,7-,8+,9+,10-,11-,12-,13+,14-,15+,16?,17-,18+/m0/s1. The van der Waals surface area contributed by atoms with Crippen molar-refractivity contribution < 1.29 is 69.6 Å². The molecule has 3 fully saturated rings. The van der Waals surface area contributed by atoms with E-state index in [4.69, 9.17) is 23.7 Å². The van der Waals surface area contributed by atoms with E-state index in [1.807, 2.05) is 0 Å². The van der Waals surface area contributed by atoms with Crippen LogP contribution in [-0.2, 0) is 23.7 Å². The number of hydrogen-bond acceptors (Lipinski definition) is 14. The molecule has 1 unspecified atom stereocenters. The Labute approximate surface area is 183 Å². The highest BCUT2D eigenvalue weighted by Gasteiger charge is 2.52. The van der Waals surface area contributed by atoms with Gasteiger partial charge in [0.05, 0.1) is 25.4 Å². The Morgan fingerprint density at radius 3 is 1.88 bits per heavy atom. The van der Waals surface area contributed by atoms with E-state index >= 15 is 0 Å². The molecule has 0 spiro atoms. The highest BCUT2D eigenvalue weighted by atomic mass is 16.8. The summed E-state index contributed by atoms with van der Waals surface area (Å²) in [6.45, 7) is 0.107. The minimum absolute atomic E-state index is 0.0877. The average molecular weight is 472 g/mol. The van der Waals surface area contributed by atoms with Gasteiger partial charge in [-0.3, -0.25) is 0 Å². The van der Waals surface area contributed by atoms with Crippen molar-refractivity contribution in [2.24, 2.45) is 0 Å². The van der Waals surface area contributed by atoms with Crippen LogP contribution < -0.4 is 0 Å². The SMILES string of the molecule is C[C@@H]1O[C@@H](O[C@H]2C(O)O[C@H](CO)[C@H](O)[C@@H]2O[C@H]2O[C@H](CO)[C@H](O)[C@H](O)[C@H]2O)[C@@H](O)C[C@@H]1O. The molecule has 32 heavy (non-hydrogen) atoms. The third kappa shape index (κ3) is 5.24. The molecule has 3 aliphatic heterocycles. The zero-order valence-electron chi connectivity index (χ0n) is 17.3. The van der Waals surface area contributed by atoms with Crippen LogP contribution in [0.3, 0.4) is 0 Å². The molecule has 0 bridgehead atoms. The number of aliphatic hydroxyl groups is 9. The van der Waals surface area contributed by atoms with Crippen LogP contribution in [0.4, 0.5) is 0 Å². The molecule has 188 valence electrons. The van der Waals surface area contributed by atoms with E-state index in [0.717, 1.165) is 0 Å². The summed E-state index contributed by atoms with van der Waals surface area (Å²) in [5.74, 6) is 0. The zero-order valence-corrected chi connectivity index (χ0v) is 17.3. The highest BCUT2D eigenvalue weighted by Crippen LogP contribution is 2.32. The summed E-state index contributed by atoms with van der Waals surface area (Å²) >= 11 is 0. The van der Waals surface area contributed by atoms with Gasteiger partial charge in [-0.05, 0) is 6.92 Å². The summed E-state index contributed by atoms with van der Waals surface area (Å²) in [4.78, 5) is 0. The van der Waals surface area contributed by atoms with Gasteiger partial charge in [0.25, 0.3) is 0 Å². The highest BCUT2D eigenvalue weighted by molar-refractivity contribution is 4.95. The van der Waals surface area contributed by atoms with Crippen molar-refractivity contribution in [1.29, 1.82) is 0 Å². The van der Waals surface area contributed by atoms with Crippen LogP contribution in [0.1, 0.15) is 13.3 Å². The molecule has 0 radical (unpaired) electrons. The molecule has 14 nitrogen and oxygen atoms in total. The molecule has 0 aliphatic carbocycles. The van der Waals surface area contributed by atoms with Crippen LogP contribution in [0.2, 0.25) is 0 Å². The zero-order chi connectivity index (χ0) is 23.7. The van der Waals surface area contributed by atoms with Crippen molar-refractivity contribution in [3.05, 3.63) is 0 Å². The number of aliphatic hydroxyl groups excluding tert-OH is 9. The normalized spacial score (nSPS) is 52.7. The lowest BCUT2D eigenvalue weighted by Crippen LogP contribution is -2.66. The molecular weight excluding hydrogens is 440 g/mol. The van der Waals surface area contributed by atoms with Crippen LogP contribution in [-0.4, -0.2) is 145 Å². The maximum atomic E-state index is 10.6. The van der Waals surface area contributed by atoms with Gasteiger partial charge < -0.3 is 69.6 Å². The van der Waals surface area contributed by atoms with Crippen LogP contribution in [0, 0.1) is 0 Å². The van der Waals surface area contributed by atoms with Crippen LogP contribution in [0.25, 0.3) is 0 Å². The molecule has 3 heterocycles. The van der Waals surface area contributed by atoms with E-state index < -0.39 is 99.2 Å². The summed E-state index contributed by atoms with van der Waals surface area (Å²) in [6.07, 6.45) is -20.4. The molecule has 0 aromatic rings. The van der Waals surface area contributed by atoms with Crippen molar-refractivity contribution in [2.75, 3.05) is 13.2 Å². The van der Waals surface area contributed by atoms with Crippen molar-refractivity contribution in [2.45, 2.75) is 99.4 Å². The molecular formula is C18H32O14. The van der Waals surface area contributed by atoms with E-state index in [9.17, 15) is 46.0 Å². The van der Waals surface area contributed by atoms with Gasteiger partial charge in [0.2, 0.25) is 0 Å². The fourth-order valence-corrected chi connectivity index (χ4v) is 3.91. The van der Waals surface area contributed by atoms with E-state index in [0.29, 0.717) is 0 Å². The van der Waals surface area contributed by atoms with Gasteiger partial charge in [0.1, 0.15) is 54.9 Å². The number of rotatable bonds is 6. The van der Waals surface area contributed by atoms with Crippen molar-refractivity contribution in [3.63, 3.8) is 0 Å². The van der Waals surface area contributed by atoms with Gasteiger partial charge in [-0.2, -0.15) is 0 Å². The predicted molar refractivity (Wildman–Crippen MR) is 98.5 cm³/mol. The van der Waals surface area contributed by atoms with E-state index in [1.54, 1.807) is 6.92 Å². The van der Waals surface area contributed by atoms with Crippen LogP contribution >= 0.6 is 0 Å². The first-order chi connectivity index (χ1) is 15.1. The summed E-state index contributed by atoms with van der Waals surface area (Å²) in [5.41, 5.74) is 0. The van der Waals surface area contributed by atoms with Gasteiger partial charge in [-0.15, -0.1) is 0 Å². The lowest BCUT2D eigenvalue weighted by molar-refractivity contribution is -0.381. The third-order valence-electron chi connectivity index (χ3n) is 5.94. The first-order valence-electron chi connectivity index (χ1n) is 10.3. The molecule has 3 aliphatic rings. The monoisotopic (exact) mass is 472 g/mol. The Hall–Kier alpha value is -0.560. The van der Waals surface area contributed by atoms with E-state index in [-0.39, 0.29) is 6.42 Å². The van der Waals surface area contributed by atoms with Gasteiger partial charge in [-0.25, -0.2) is 0 Å². The molecule has 9 N–H and O–H groups in total. The Bertz CT molecular complexity index is 594. The maximum absolute atomic E-state index is 10.6. The first-order valence-corrected chi connectivity index (χ1v) is 10.3. The van der Waals surface area contributed by atoms with Gasteiger partial charge in [0.15, 0.2) is 18.9 Å². The molecule has 14 heteroatoms. The Balaban J connectivity index is 1.80. The van der Waals surface area contributed by atoms with Gasteiger partial charge in [0, 0.05) is 6.42 Å². The Kier molecular flexibility index (Phi) is 8.79. The minimum Gasteiger partial charge on any atom is -0.394 e. The van der Waals surface area contributed by atoms with Gasteiger partial charge in [-0.1, -0.05) is 0 Å². The third-order valence-corrected chi connectivity index (χ3v) is 5.94. The first kappa shape index (κ1) is 26.1. The van der Waals surface area contributed by atoms with Gasteiger partial charge >= 0.3 is 0 Å². The molecule has 0 aromatic carbocycles. The number of ether oxygens (including phenoxy) is 5. The largest absolute Gasteiger partial charge is 0.394 e. The average Bonchev–Trinajstić information content (AvgIpc) is 2.76. The predicted octanol–water partition coefficient (Wildman–Crippen LogP) is -5.52. The van der Waals surface area contributed by atoms with Crippen LogP contribution in [0.15, 0.2) is 0 Å². The second-order valence-corrected chi connectivity index (χ2v) is 8.22. The second kappa shape index (κ2) is 10.8. The summed E-state index contributed by atoms with van der Waals surface area (Å²) in [7, 11) is 0. The summed E-state index contributed by atoms with van der Waals surface area (Å²) < 4.78 is 27.0. The number of hydrogen-bond donors (Lipinski definition) is 9. The molecule has 0 saturated carbocycles. The molecule has 0 amide bonds. The smallest absolute Gasteiger partial charge is 0.187 e. The fourth-order valence-electron chi connectivity index (χ4n) is 3.91. The quantitative estimate of drug-likeness (QED) is 0.176. The molecule has 3 saturated heterocycles. The second-order valence-electron chi connectivity index (χ2n) is 8.22. The van der Waals surface area contributed by atoms with Crippen molar-refractivity contribution >= 4 is 0 Å². The van der Waals surface area contributed by atoms with Crippen molar-refractivity contribution in [1.82, 2.24) is 0 Å². The maximum Gasteiger partial charge on any atom is 0.187 e. The Morgan fingerprint density at radius 2 is 1.25 bits per heavy atom. The lowest BCUT2D eigenvalue weighted by atomic mass is 9.96. The molecule has 3 rings (SSSR count). The van der Waals surface area contributed by atoms with Crippen LogP contribution in [0.5, 0.6) is 0 Å². The minimum atomic E-state index is -1.81. The summed E-state index contributed by atoms with van der Waals surface area (Å²) in [5, 5.41) is 90.0. The fraction of sp³-hybridized carbons (Fsp3) is 1.00. The van der Waals surface area contributed by atoms with Crippen molar-refractivity contribution in [3.8, 4) is 0 Å². The van der Waals surface area contributed by atoms with E-state index in [2.05, 4.69) is 0 Å². The Morgan fingerprint density at radius 1 is 0.656 bits per heavy atom.